The molecule has 0 aliphatic carbocycles. The summed E-state index contributed by atoms with van der Waals surface area (Å²) in [7, 11) is 1.58. The van der Waals surface area contributed by atoms with Gasteiger partial charge in [-0.25, -0.2) is 4.98 Å². The number of nitrogens with zero attached hydrogens (tertiary/aromatic N) is 2. The van der Waals surface area contributed by atoms with Gasteiger partial charge in [0.15, 0.2) is 0 Å². The van der Waals surface area contributed by atoms with Crippen molar-refractivity contribution < 1.29 is 14.3 Å². The van der Waals surface area contributed by atoms with Gasteiger partial charge in [0.1, 0.15) is 0 Å². The zero-order chi connectivity index (χ0) is 18.5. The van der Waals surface area contributed by atoms with E-state index in [0.29, 0.717) is 24.4 Å². The molecule has 1 unspecified atom stereocenters. The Kier molecular flexibility index (Phi) is 5.51. The van der Waals surface area contributed by atoms with Crippen molar-refractivity contribution in [2.24, 2.45) is 0 Å². The molecule has 136 valence electrons. The van der Waals surface area contributed by atoms with Crippen molar-refractivity contribution in [2.75, 3.05) is 20.2 Å². The maximum absolute atomic E-state index is 12.4. The average Bonchev–Trinajstić information content (AvgIpc) is 3.01. The molecule has 0 bridgehead atoms. The van der Waals surface area contributed by atoms with E-state index >= 15 is 0 Å². The fraction of sp³-hybridized carbons (Fsp3) is 0.350. The normalized spacial score (nSPS) is 16.6. The summed E-state index contributed by atoms with van der Waals surface area (Å²) in [6, 6.07) is 12.7. The van der Waals surface area contributed by atoms with Crippen molar-refractivity contribution in [3.05, 3.63) is 48.0 Å². The topological polar surface area (TPSA) is 71.5 Å². The highest BCUT2D eigenvalue weighted by Gasteiger charge is 2.29. The molecule has 0 radical (unpaired) electrons. The zero-order valence-electron chi connectivity index (χ0n) is 15.1. The molecule has 1 saturated heterocycles. The van der Waals surface area contributed by atoms with E-state index in [9.17, 15) is 9.59 Å². The first-order chi connectivity index (χ1) is 12.6. The van der Waals surface area contributed by atoms with Crippen LogP contribution < -0.4 is 10.1 Å². The second kappa shape index (κ2) is 7.99. The van der Waals surface area contributed by atoms with Crippen LogP contribution in [0.2, 0.25) is 0 Å². The van der Waals surface area contributed by atoms with Gasteiger partial charge in [0.2, 0.25) is 11.8 Å². The van der Waals surface area contributed by atoms with Crippen molar-refractivity contribution >= 4 is 11.8 Å². The van der Waals surface area contributed by atoms with Crippen molar-refractivity contribution in [1.82, 2.24) is 15.2 Å². The Hall–Kier alpha value is -2.89. The second-order valence-corrected chi connectivity index (χ2v) is 6.36. The highest BCUT2D eigenvalue weighted by atomic mass is 16.5. The molecule has 1 aliphatic rings. The highest BCUT2D eigenvalue weighted by Crippen LogP contribution is 2.20. The lowest BCUT2D eigenvalue weighted by Crippen LogP contribution is -2.37. The van der Waals surface area contributed by atoms with Gasteiger partial charge in [0.25, 0.3) is 5.91 Å². The number of likely N-dealkylation sites (tertiary alicyclic amines) is 1. The van der Waals surface area contributed by atoms with E-state index in [1.165, 1.54) is 0 Å². The molecule has 1 N–H and O–H groups in total. The fourth-order valence-electron chi connectivity index (χ4n) is 3.11. The lowest BCUT2D eigenvalue weighted by molar-refractivity contribution is -0.127. The van der Waals surface area contributed by atoms with Gasteiger partial charge in [-0.2, -0.15) is 0 Å². The van der Waals surface area contributed by atoms with Crippen LogP contribution in [0.25, 0.3) is 11.3 Å². The number of hydrogen-bond acceptors (Lipinski definition) is 4. The number of aromatic nitrogens is 1. The summed E-state index contributed by atoms with van der Waals surface area (Å²) in [5.41, 5.74) is 2.26. The molecule has 1 aromatic heterocycles. The molecule has 2 aromatic rings. The molecule has 1 atom stereocenters. The Bertz CT molecular complexity index is 789. The maximum Gasteiger partial charge on any atom is 0.251 e. The van der Waals surface area contributed by atoms with Crippen LogP contribution in [-0.2, 0) is 4.79 Å². The molecule has 26 heavy (non-hydrogen) atoms. The summed E-state index contributed by atoms with van der Waals surface area (Å²) in [5.74, 6) is 0.495. The minimum Gasteiger partial charge on any atom is -0.481 e. The first kappa shape index (κ1) is 17.9. The molecule has 2 amide bonds. The van der Waals surface area contributed by atoms with Gasteiger partial charge in [-0.15, -0.1) is 0 Å². The van der Waals surface area contributed by atoms with Crippen LogP contribution in [0.1, 0.15) is 30.1 Å². The third kappa shape index (κ3) is 4.02. The zero-order valence-corrected chi connectivity index (χ0v) is 15.1. The standard InChI is InChI=1S/C20H23N3O3/c1-3-11-23-13-16(12-19(23)24)21-20(25)15-9-7-14(8-10-15)17-5-4-6-18(22-17)26-2/h4-10,16H,3,11-13H2,1-2H3,(H,21,25). The van der Waals surface area contributed by atoms with Gasteiger partial charge in [0, 0.05) is 36.7 Å². The van der Waals surface area contributed by atoms with Gasteiger partial charge >= 0.3 is 0 Å². The van der Waals surface area contributed by atoms with Gasteiger partial charge in [-0.3, -0.25) is 9.59 Å². The second-order valence-electron chi connectivity index (χ2n) is 6.36. The van der Waals surface area contributed by atoms with E-state index in [1.54, 1.807) is 25.3 Å². The smallest absolute Gasteiger partial charge is 0.251 e. The molecule has 0 spiro atoms. The number of amides is 2. The predicted molar refractivity (Wildman–Crippen MR) is 99.0 cm³/mol. The van der Waals surface area contributed by atoms with Crippen molar-refractivity contribution in [3.63, 3.8) is 0 Å². The Morgan fingerprint density at radius 1 is 1.27 bits per heavy atom. The summed E-state index contributed by atoms with van der Waals surface area (Å²) in [4.78, 5) is 30.5. The largest absolute Gasteiger partial charge is 0.481 e. The summed E-state index contributed by atoms with van der Waals surface area (Å²) in [6.45, 7) is 3.37. The van der Waals surface area contributed by atoms with E-state index in [-0.39, 0.29) is 17.9 Å². The summed E-state index contributed by atoms with van der Waals surface area (Å²) in [5, 5.41) is 2.95. The van der Waals surface area contributed by atoms with E-state index in [2.05, 4.69) is 10.3 Å². The van der Waals surface area contributed by atoms with Gasteiger partial charge in [-0.1, -0.05) is 25.1 Å². The van der Waals surface area contributed by atoms with Crippen LogP contribution in [0.4, 0.5) is 0 Å². The summed E-state index contributed by atoms with van der Waals surface area (Å²) in [6.07, 6.45) is 1.30. The van der Waals surface area contributed by atoms with Crippen LogP contribution in [0, 0.1) is 0 Å². The third-order valence-electron chi connectivity index (χ3n) is 4.42. The summed E-state index contributed by atoms with van der Waals surface area (Å²) >= 11 is 0. The molecular weight excluding hydrogens is 330 g/mol. The van der Waals surface area contributed by atoms with Gasteiger partial charge in [-0.05, 0) is 24.6 Å². The Balaban J connectivity index is 1.65. The molecule has 6 nitrogen and oxygen atoms in total. The van der Waals surface area contributed by atoms with E-state index in [0.717, 1.165) is 24.2 Å². The van der Waals surface area contributed by atoms with Crippen molar-refractivity contribution in [2.45, 2.75) is 25.8 Å². The predicted octanol–water partition coefficient (Wildman–Crippen LogP) is 2.50. The fourth-order valence-corrected chi connectivity index (χ4v) is 3.11. The lowest BCUT2D eigenvalue weighted by Gasteiger charge is -2.16. The monoisotopic (exact) mass is 353 g/mol. The number of benzene rings is 1. The Morgan fingerprint density at radius 2 is 2.04 bits per heavy atom. The maximum atomic E-state index is 12.4. The number of hydrogen-bond donors (Lipinski definition) is 1. The third-order valence-corrected chi connectivity index (χ3v) is 4.42. The molecule has 1 fully saturated rings. The lowest BCUT2D eigenvalue weighted by atomic mass is 10.1. The molecule has 2 heterocycles. The van der Waals surface area contributed by atoms with Crippen LogP contribution >= 0.6 is 0 Å². The van der Waals surface area contributed by atoms with Gasteiger partial charge < -0.3 is 15.0 Å². The van der Waals surface area contributed by atoms with E-state index in [4.69, 9.17) is 4.74 Å². The first-order valence-electron chi connectivity index (χ1n) is 8.81. The number of carbonyl (C=O) groups is 2. The van der Waals surface area contributed by atoms with Crippen LogP contribution in [0.3, 0.4) is 0 Å². The van der Waals surface area contributed by atoms with Crippen LogP contribution in [0.5, 0.6) is 5.88 Å². The molecule has 6 heteroatoms. The van der Waals surface area contributed by atoms with Gasteiger partial charge in [0.05, 0.1) is 18.8 Å². The number of carbonyl (C=O) groups excluding carboxylic acids is 2. The molecule has 1 aromatic carbocycles. The number of pyridine rings is 1. The molecule has 3 rings (SSSR count). The Morgan fingerprint density at radius 3 is 2.73 bits per heavy atom. The van der Waals surface area contributed by atoms with E-state index < -0.39 is 0 Å². The quantitative estimate of drug-likeness (QED) is 0.866. The van der Waals surface area contributed by atoms with Crippen LogP contribution in [0.15, 0.2) is 42.5 Å². The van der Waals surface area contributed by atoms with Crippen molar-refractivity contribution in [3.8, 4) is 17.1 Å². The van der Waals surface area contributed by atoms with Crippen LogP contribution in [-0.4, -0.2) is 47.9 Å². The molecule has 0 saturated carbocycles. The molecule has 1 aliphatic heterocycles. The van der Waals surface area contributed by atoms with Crippen molar-refractivity contribution in [1.29, 1.82) is 0 Å². The number of nitrogens with one attached hydrogen (secondary N) is 1. The first-order valence-corrected chi connectivity index (χ1v) is 8.81. The Labute approximate surface area is 153 Å². The number of methoxy groups -OCH3 is 1. The van der Waals surface area contributed by atoms with E-state index in [1.807, 2.05) is 36.1 Å². The average molecular weight is 353 g/mol. The number of ether oxygens (including phenoxy) is 1. The SMILES string of the molecule is CCCN1CC(NC(=O)c2ccc(-c3cccc(OC)n3)cc2)CC1=O. The highest BCUT2D eigenvalue weighted by molar-refractivity contribution is 5.95. The minimum atomic E-state index is -0.161. The molecular formula is C20H23N3O3. The number of rotatable bonds is 6. The summed E-state index contributed by atoms with van der Waals surface area (Å²) < 4.78 is 5.14. The minimum absolute atomic E-state index is 0.108.